The smallest absolute Gasteiger partial charge is 0.231 e. The van der Waals surface area contributed by atoms with Gasteiger partial charge in [0.15, 0.2) is 0 Å². The van der Waals surface area contributed by atoms with Crippen LogP contribution in [-0.2, 0) is 0 Å². The van der Waals surface area contributed by atoms with Crippen LogP contribution in [0.15, 0.2) is 0 Å². The molecule has 112 valence electrons. The number of nitrogens with zero attached hydrogens (tertiary/aromatic N) is 4. The highest BCUT2D eigenvalue weighted by molar-refractivity contribution is 5.44. The van der Waals surface area contributed by atoms with Gasteiger partial charge in [-0.2, -0.15) is 15.0 Å². The molecule has 0 atom stereocenters. The number of hydrogen-bond acceptors (Lipinski definition) is 6. The minimum Gasteiger partial charge on any atom is -0.354 e. The van der Waals surface area contributed by atoms with Gasteiger partial charge < -0.3 is 15.5 Å². The molecular formula is C14H26N6. The summed E-state index contributed by atoms with van der Waals surface area (Å²) in [7, 11) is 3.88. The lowest BCUT2D eigenvalue weighted by Gasteiger charge is -2.26. The van der Waals surface area contributed by atoms with Crippen LogP contribution in [0, 0.1) is 5.92 Å². The Morgan fingerprint density at radius 2 is 1.80 bits per heavy atom. The van der Waals surface area contributed by atoms with Crippen LogP contribution in [0.1, 0.15) is 40.0 Å². The Balaban J connectivity index is 2.19. The molecule has 6 nitrogen and oxygen atoms in total. The molecule has 1 saturated carbocycles. The van der Waals surface area contributed by atoms with E-state index in [4.69, 9.17) is 0 Å². The second-order valence-electron chi connectivity index (χ2n) is 6.22. The van der Waals surface area contributed by atoms with Crippen molar-refractivity contribution < 1.29 is 0 Å². The van der Waals surface area contributed by atoms with Gasteiger partial charge in [-0.05, 0) is 39.0 Å². The fraction of sp³-hybridized carbons (Fsp3) is 0.786. The van der Waals surface area contributed by atoms with Crippen LogP contribution in [0.4, 0.5) is 17.8 Å². The van der Waals surface area contributed by atoms with Crippen LogP contribution in [0.5, 0.6) is 0 Å². The van der Waals surface area contributed by atoms with Gasteiger partial charge >= 0.3 is 0 Å². The van der Waals surface area contributed by atoms with Gasteiger partial charge in [-0.25, -0.2) is 0 Å². The normalized spacial score (nSPS) is 15.1. The number of anilines is 3. The van der Waals surface area contributed by atoms with Crippen LogP contribution in [0.3, 0.4) is 0 Å². The first-order valence-corrected chi connectivity index (χ1v) is 7.38. The van der Waals surface area contributed by atoms with E-state index in [9.17, 15) is 0 Å². The van der Waals surface area contributed by atoms with E-state index in [1.54, 1.807) is 0 Å². The zero-order valence-corrected chi connectivity index (χ0v) is 13.2. The van der Waals surface area contributed by atoms with E-state index in [0.717, 1.165) is 13.0 Å². The van der Waals surface area contributed by atoms with E-state index in [-0.39, 0.29) is 5.54 Å². The van der Waals surface area contributed by atoms with Crippen LogP contribution in [-0.4, -0.2) is 41.1 Å². The Labute approximate surface area is 121 Å². The van der Waals surface area contributed by atoms with Crippen LogP contribution < -0.4 is 15.5 Å². The van der Waals surface area contributed by atoms with E-state index in [1.807, 2.05) is 19.0 Å². The molecule has 1 aliphatic carbocycles. The van der Waals surface area contributed by atoms with Gasteiger partial charge in [-0.15, -0.1) is 0 Å². The minimum absolute atomic E-state index is 0.0347. The number of aromatic nitrogens is 3. The first-order valence-electron chi connectivity index (χ1n) is 7.38. The van der Waals surface area contributed by atoms with Gasteiger partial charge in [0.05, 0.1) is 0 Å². The molecule has 6 heteroatoms. The molecule has 2 N–H and O–H groups in total. The third-order valence-electron chi connectivity index (χ3n) is 3.59. The zero-order valence-electron chi connectivity index (χ0n) is 13.2. The zero-order chi connectivity index (χ0) is 14.8. The molecule has 1 fully saturated rings. The maximum atomic E-state index is 4.49. The monoisotopic (exact) mass is 278 g/mol. The molecule has 1 heterocycles. The van der Waals surface area contributed by atoms with E-state index < -0.39 is 0 Å². The lowest BCUT2D eigenvalue weighted by atomic mass is 9.99. The van der Waals surface area contributed by atoms with E-state index in [1.165, 1.54) is 12.8 Å². The summed E-state index contributed by atoms with van der Waals surface area (Å²) in [5.74, 6) is 2.68. The van der Waals surface area contributed by atoms with Crippen LogP contribution in [0.25, 0.3) is 0 Å². The first-order chi connectivity index (χ1) is 9.42. The highest BCUT2D eigenvalue weighted by Gasteiger charge is 2.38. The summed E-state index contributed by atoms with van der Waals surface area (Å²) >= 11 is 0. The molecule has 1 aliphatic rings. The van der Waals surface area contributed by atoms with E-state index >= 15 is 0 Å². The standard InChI is InChI=1S/C14H26N6/c1-6-9-15-11-16-12(18-13(17-11)20(4)5)19-14(2,3)10-7-8-10/h10H,6-9H2,1-5H3,(H2,15,16,17,18,19). The molecule has 0 spiro atoms. The topological polar surface area (TPSA) is 66.0 Å². The third kappa shape index (κ3) is 3.71. The second-order valence-corrected chi connectivity index (χ2v) is 6.22. The van der Waals surface area contributed by atoms with Gasteiger partial charge in [-0.1, -0.05) is 6.92 Å². The van der Waals surface area contributed by atoms with Crippen molar-refractivity contribution >= 4 is 17.8 Å². The predicted octanol–water partition coefficient (Wildman–Crippen LogP) is 2.36. The highest BCUT2D eigenvalue weighted by Crippen LogP contribution is 2.40. The van der Waals surface area contributed by atoms with Crippen molar-refractivity contribution in [1.29, 1.82) is 0 Å². The molecule has 0 radical (unpaired) electrons. The van der Waals surface area contributed by atoms with E-state index in [2.05, 4.69) is 46.4 Å². The molecule has 2 rings (SSSR count). The Kier molecular flexibility index (Phi) is 4.30. The Bertz CT molecular complexity index is 453. The van der Waals surface area contributed by atoms with Crippen LogP contribution >= 0.6 is 0 Å². The largest absolute Gasteiger partial charge is 0.354 e. The summed E-state index contributed by atoms with van der Waals surface area (Å²) in [6.45, 7) is 7.41. The summed E-state index contributed by atoms with van der Waals surface area (Å²) in [5.41, 5.74) is 0.0347. The Hall–Kier alpha value is -1.59. The fourth-order valence-electron chi connectivity index (χ4n) is 2.13. The number of rotatable bonds is 7. The number of nitrogens with one attached hydrogen (secondary N) is 2. The average molecular weight is 278 g/mol. The maximum absolute atomic E-state index is 4.49. The van der Waals surface area contributed by atoms with Crippen molar-refractivity contribution in [3.8, 4) is 0 Å². The lowest BCUT2D eigenvalue weighted by Crippen LogP contribution is -2.34. The van der Waals surface area contributed by atoms with E-state index in [0.29, 0.717) is 23.8 Å². The number of hydrogen-bond donors (Lipinski definition) is 2. The summed E-state index contributed by atoms with van der Waals surface area (Å²) < 4.78 is 0. The molecule has 0 aromatic carbocycles. The van der Waals surface area contributed by atoms with Crippen molar-refractivity contribution in [2.75, 3.05) is 36.2 Å². The summed E-state index contributed by atoms with van der Waals surface area (Å²) in [4.78, 5) is 15.3. The van der Waals surface area contributed by atoms with Gasteiger partial charge in [0.2, 0.25) is 17.8 Å². The molecule has 0 aliphatic heterocycles. The molecule has 0 bridgehead atoms. The van der Waals surface area contributed by atoms with Gasteiger partial charge in [-0.3, -0.25) is 0 Å². The van der Waals surface area contributed by atoms with Crippen molar-refractivity contribution in [2.24, 2.45) is 5.92 Å². The molecule has 1 aromatic rings. The first kappa shape index (κ1) is 14.8. The molecule has 1 aromatic heterocycles. The molecular weight excluding hydrogens is 252 g/mol. The summed E-state index contributed by atoms with van der Waals surface area (Å²) in [5, 5.41) is 6.70. The average Bonchev–Trinajstić information content (AvgIpc) is 3.20. The summed E-state index contributed by atoms with van der Waals surface area (Å²) in [6.07, 6.45) is 3.61. The van der Waals surface area contributed by atoms with Crippen molar-refractivity contribution in [3.05, 3.63) is 0 Å². The maximum Gasteiger partial charge on any atom is 0.231 e. The molecule has 20 heavy (non-hydrogen) atoms. The molecule has 0 unspecified atom stereocenters. The Morgan fingerprint density at radius 1 is 1.15 bits per heavy atom. The predicted molar refractivity (Wildman–Crippen MR) is 83.4 cm³/mol. The summed E-state index contributed by atoms with van der Waals surface area (Å²) in [6, 6.07) is 0. The van der Waals surface area contributed by atoms with Crippen molar-refractivity contribution in [1.82, 2.24) is 15.0 Å². The quantitative estimate of drug-likeness (QED) is 0.798. The van der Waals surface area contributed by atoms with Crippen molar-refractivity contribution in [2.45, 2.75) is 45.6 Å². The van der Waals surface area contributed by atoms with Gasteiger partial charge in [0.25, 0.3) is 0 Å². The van der Waals surface area contributed by atoms with Crippen molar-refractivity contribution in [3.63, 3.8) is 0 Å². The molecule has 0 amide bonds. The van der Waals surface area contributed by atoms with Crippen LogP contribution in [0.2, 0.25) is 0 Å². The van der Waals surface area contributed by atoms with Gasteiger partial charge in [0, 0.05) is 26.2 Å². The SMILES string of the molecule is CCCNc1nc(NC(C)(C)C2CC2)nc(N(C)C)n1. The third-order valence-corrected chi connectivity index (χ3v) is 3.59. The highest BCUT2D eigenvalue weighted by atomic mass is 15.3. The fourth-order valence-corrected chi connectivity index (χ4v) is 2.13. The molecule has 0 saturated heterocycles. The van der Waals surface area contributed by atoms with Gasteiger partial charge in [0.1, 0.15) is 0 Å². The minimum atomic E-state index is 0.0347. The lowest BCUT2D eigenvalue weighted by molar-refractivity contribution is 0.490. The Morgan fingerprint density at radius 3 is 2.35 bits per heavy atom. The second kappa shape index (κ2) is 5.81.